The summed E-state index contributed by atoms with van der Waals surface area (Å²) in [5.41, 5.74) is 0.653. The van der Waals surface area contributed by atoms with E-state index in [0.717, 1.165) is 5.01 Å². The number of carbonyl (C=O) groups excluding carboxylic acids is 2. The molecule has 0 radical (unpaired) electrons. The molecule has 1 aliphatic rings. The highest BCUT2D eigenvalue weighted by Crippen LogP contribution is 2.30. The standard InChI is InChI=1S/C11H8Cl2N2O2/c1-15-10(17)11(12,13)9(16)8(14-15)7-5-3-2-4-6-7/h2-6H,1H3. The highest BCUT2D eigenvalue weighted by atomic mass is 35.5. The van der Waals surface area contributed by atoms with Gasteiger partial charge < -0.3 is 0 Å². The number of nitrogens with zero attached hydrogens (tertiary/aromatic N) is 2. The monoisotopic (exact) mass is 270 g/mol. The van der Waals surface area contributed by atoms with Crippen molar-refractivity contribution >= 4 is 40.6 Å². The van der Waals surface area contributed by atoms with Gasteiger partial charge in [-0.25, -0.2) is 5.01 Å². The van der Waals surface area contributed by atoms with E-state index in [-0.39, 0.29) is 5.71 Å². The number of halogens is 2. The number of Topliss-reactive ketones (excluding diaryl/α,β-unsaturated/α-hetero) is 1. The molecule has 17 heavy (non-hydrogen) atoms. The summed E-state index contributed by atoms with van der Waals surface area (Å²) < 4.78 is -2.10. The Bertz CT molecular complexity index is 511. The van der Waals surface area contributed by atoms with Crippen LogP contribution in [0.15, 0.2) is 35.4 Å². The Morgan fingerprint density at radius 2 is 1.76 bits per heavy atom. The predicted octanol–water partition coefficient (Wildman–Crippen LogP) is 1.61. The van der Waals surface area contributed by atoms with E-state index in [1.165, 1.54) is 7.05 Å². The molecular weight excluding hydrogens is 263 g/mol. The fraction of sp³-hybridized carbons (Fsp3) is 0.182. The second-order valence-electron chi connectivity index (χ2n) is 3.55. The normalized spacial score (nSPS) is 19.2. The van der Waals surface area contributed by atoms with E-state index < -0.39 is 16.0 Å². The largest absolute Gasteiger partial charge is 0.288 e. The van der Waals surface area contributed by atoms with Crippen LogP contribution in [-0.2, 0) is 9.59 Å². The van der Waals surface area contributed by atoms with Crippen LogP contribution in [0, 0.1) is 0 Å². The first kappa shape index (κ1) is 12.1. The molecule has 0 unspecified atom stereocenters. The summed E-state index contributed by atoms with van der Waals surface area (Å²) in [6.45, 7) is 0. The number of carbonyl (C=O) groups is 2. The molecule has 1 heterocycles. The van der Waals surface area contributed by atoms with Crippen molar-refractivity contribution < 1.29 is 9.59 Å². The highest BCUT2D eigenvalue weighted by molar-refractivity contribution is 6.77. The second kappa shape index (κ2) is 4.13. The van der Waals surface area contributed by atoms with Crippen LogP contribution in [0.4, 0.5) is 0 Å². The molecule has 4 nitrogen and oxygen atoms in total. The molecule has 1 amide bonds. The average Bonchev–Trinajstić information content (AvgIpc) is 2.33. The molecule has 6 heteroatoms. The van der Waals surface area contributed by atoms with Crippen molar-refractivity contribution in [3.8, 4) is 0 Å². The van der Waals surface area contributed by atoms with Gasteiger partial charge in [0, 0.05) is 12.6 Å². The van der Waals surface area contributed by atoms with Crippen LogP contribution in [0.1, 0.15) is 5.56 Å². The van der Waals surface area contributed by atoms with Crippen LogP contribution < -0.4 is 0 Å². The second-order valence-corrected chi connectivity index (χ2v) is 4.87. The number of hydrogen-bond donors (Lipinski definition) is 0. The van der Waals surface area contributed by atoms with Gasteiger partial charge >= 0.3 is 0 Å². The molecule has 88 valence electrons. The minimum absolute atomic E-state index is 0.0812. The maximum atomic E-state index is 12.0. The number of benzene rings is 1. The molecule has 0 atom stereocenters. The number of ketones is 1. The van der Waals surface area contributed by atoms with Crippen LogP contribution in [0.2, 0.25) is 0 Å². The van der Waals surface area contributed by atoms with E-state index in [1.54, 1.807) is 30.3 Å². The summed E-state index contributed by atoms with van der Waals surface area (Å²) in [6, 6.07) is 8.72. The Hall–Kier alpha value is -1.39. The van der Waals surface area contributed by atoms with E-state index in [9.17, 15) is 9.59 Å². The minimum Gasteiger partial charge on any atom is -0.288 e. The van der Waals surface area contributed by atoms with Crippen molar-refractivity contribution in [2.45, 2.75) is 4.33 Å². The topological polar surface area (TPSA) is 49.7 Å². The Balaban J connectivity index is 2.53. The maximum Gasteiger partial charge on any atom is 0.287 e. The van der Waals surface area contributed by atoms with Gasteiger partial charge in [-0.05, 0) is 0 Å². The van der Waals surface area contributed by atoms with Gasteiger partial charge in [-0.3, -0.25) is 9.59 Å². The van der Waals surface area contributed by atoms with E-state index in [4.69, 9.17) is 23.2 Å². The molecule has 1 aliphatic heterocycles. The molecule has 0 aromatic heterocycles. The van der Waals surface area contributed by atoms with Crippen molar-refractivity contribution in [1.29, 1.82) is 0 Å². The Morgan fingerprint density at radius 1 is 1.18 bits per heavy atom. The summed E-state index contributed by atoms with van der Waals surface area (Å²) in [7, 11) is 1.40. The first-order valence-electron chi connectivity index (χ1n) is 4.79. The van der Waals surface area contributed by atoms with E-state index in [1.807, 2.05) is 0 Å². The third kappa shape index (κ3) is 1.94. The first-order valence-corrected chi connectivity index (χ1v) is 5.55. The van der Waals surface area contributed by atoms with Crippen LogP contribution in [0.5, 0.6) is 0 Å². The highest BCUT2D eigenvalue weighted by Gasteiger charge is 2.49. The molecule has 0 bridgehead atoms. The molecule has 0 saturated carbocycles. The van der Waals surface area contributed by atoms with Gasteiger partial charge in [0.15, 0.2) is 0 Å². The van der Waals surface area contributed by atoms with E-state index in [2.05, 4.69) is 5.10 Å². The lowest BCUT2D eigenvalue weighted by atomic mass is 10.0. The molecule has 1 aromatic carbocycles. The zero-order valence-corrected chi connectivity index (χ0v) is 10.4. The van der Waals surface area contributed by atoms with Crippen molar-refractivity contribution in [3.63, 3.8) is 0 Å². The Kier molecular flexibility index (Phi) is 2.93. The van der Waals surface area contributed by atoms with Crippen molar-refractivity contribution in [1.82, 2.24) is 5.01 Å². The summed E-state index contributed by atoms with van der Waals surface area (Å²) in [6.07, 6.45) is 0. The Morgan fingerprint density at radius 3 is 2.35 bits per heavy atom. The Labute approximate surface area is 108 Å². The predicted molar refractivity (Wildman–Crippen MR) is 65.2 cm³/mol. The lowest BCUT2D eigenvalue weighted by Crippen LogP contribution is -2.51. The zero-order valence-electron chi connectivity index (χ0n) is 8.85. The number of amides is 1. The third-order valence-electron chi connectivity index (χ3n) is 2.36. The summed E-state index contributed by atoms with van der Waals surface area (Å²) in [4.78, 5) is 23.5. The molecule has 0 N–H and O–H groups in total. The van der Waals surface area contributed by atoms with Gasteiger partial charge in [0.2, 0.25) is 5.78 Å². The van der Waals surface area contributed by atoms with Gasteiger partial charge in [-0.1, -0.05) is 53.5 Å². The zero-order chi connectivity index (χ0) is 12.6. The van der Waals surface area contributed by atoms with Crippen LogP contribution in [0.25, 0.3) is 0 Å². The minimum atomic E-state index is -2.10. The van der Waals surface area contributed by atoms with E-state index in [0.29, 0.717) is 5.56 Å². The van der Waals surface area contributed by atoms with Crippen molar-refractivity contribution in [3.05, 3.63) is 35.9 Å². The number of alkyl halides is 2. The van der Waals surface area contributed by atoms with Gasteiger partial charge in [0.05, 0.1) is 0 Å². The quantitative estimate of drug-likeness (QED) is 0.575. The lowest BCUT2D eigenvalue weighted by Gasteiger charge is -2.27. The van der Waals surface area contributed by atoms with Crippen molar-refractivity contribution in [2.24, 2.45) is 5.10 Å². The molecule has 1 aromatic rings. The smallest absolute Gasteiger partial charge is 0.287 e. The molecular formula is C11H8Cl2N2O2. The molecule has 0 spiro atoms. The average molecular weight is 271 g/mol. The summed E-state index contributed by atoms with van der Waals surface area (Å²) >= 11 is 11.5. The molecule has 0 fully saturated rings. The molecule has 0 aliphatic carbocycles. The lowest BCUT2D eigenvalue weighted by molar-refractivity contribution is -0.135. The van der Waals surface area contributed by atoms with Crippen molar-refractivity contribution in [2.75, 3.05) is 7.05 Å². The van der Waals surface area contributed by atoms with Gasteiger partial charge in [-0.15, -0.1) is 0 Å². The van der Waals surface area contributed by atoms with Gasteiger partial charge in [0.1, 0.15) is 5.71 Å². The van der Waals surface area contributed by atoms with Crippen LogP contribution in [-0.4, -0.2) is 33.8 Å². The van der Waals surface area contributed by atoms with Crippen LogP contribution >= 0.6 is 23.2 Å². The molecule has 2 rings (SSSR count). The van der Waals surface area contributed by atoms with Gasteiger partial charge in [-0.2, -0.15) is 5.10 Å². The first-order chi connectivity index (χ1) is 7.94. The SMILES string of the molecule is CN1N=C(c2ccccc2)C(=O)C(Cl)(Cl)C1=O. The third-order valence-corrected chi connectivity index (χ3v) is 3.03. The van der Waals surface area contributed by atoms with Crippen LogP contribution in [0.3, 0.4) is 0 Å². The maximum absolute atomic E-state index is 12.0. The van der Waals surface area contributed by atoms with E-state index >= 15 is 0 Å². The fourth-order valence-electron chi connectivity index (χ4n) is 1.47. The summed E-state index contributed by atoms with van der Waals surface area (Å²) in [5, 5.41) is 4.87. The fourth-order valence-corrected chi connectivity index (χ4v) is 1.90. The van der Waals surface area contributed by atoms with Gasteiger partial charge in [0.25, 0.3) is 10.2 Å². The summed E-state index contributed by atoms with van der Waals surface area (Å²) in [5.74, 6) is -1.44. The molecule has 0 saturated heterocycles. The number of hydrazone groups is 1. The number of rotatable bonds is 1. The number of hydrogen-bond acceptors (Lipinski definition) is 3.